The van der Waals surface area contributed by atoms with Crippen LogP contribution in [0.15, 0.2) is 0 Å². The van der Waals surface area contributed by atoms with Crippen LogP contribution >= 0.6 is 0 Å². The third-order valence-corrected chi connectivity index (χ3v) is 6.61. The van der Waals surface area contributed by atoms with E-state index in [2.05, 4.69) is 0 Å². The fourth-order valence-electron chi connectivity index (χ4n) is 5.44. The van der Waals surface area contributed by atoms with Crippen LogP contribution in [0.1, 0.15) is 77.0 Å². The summed E-state index contributed by atoms with van der Waals surface area (Å²) in [6.45, 7) is 0. The van der Waals surface area contributed by atoms with Crippen molar-refractivity contribution in [3.63, 3.8) is 0 Å². The molecule has 6 unspecified atom stereocenters. The first-order chi connectivity index (χ1) is 9.90. The van der Waals surface area contributed by atoms with Gasteiger partial charge in [-0.05, 0) is 0 Å². The van der Waals surface area contributed by atoms with Crippen molar-refractivity contribution in [3.8, 4) is 0 Å². The summed E-state index contributed by atoms with van der Waals surface area (Å²) in [7, 11) is 0. The third-order valence-electron chi connectivity index (χ3n) is 6.61. The fraction of sp³-hybridized carbons (Fsp3) is 1.00. The minimum atomic E-state index is 0. The van der Waals surface area contributed by atoms with E-state index in [1.54, 1.807) is 0 Å². The minimum absolute atomic E-state index is 0. The third kappa shape index (κ3) is 3.56. The van der Waals surface area contributed by atoms with Crippen LogP contribution in [-0.2, 0) is 19.5 Å². The predicted molar refractivity (Wildman–Crippen MR) is 84.3 cm³/mol. The van der Waals surface area contributed by atoms with E-state index in [0.29, 0.717) is 24.2 Å². The van der Waals surface area contributed by atoms with Crippen molar-refractivity contribution in [1.29, 1.82) is 0 Å². The summed E-state index contributed by atoms with van der Waals surface area (Å²) in [6, 6.07) is 2.61. The van der Waals surface area contributed by atoms with Crippen LogP contribution in [0.5, 0.6) is 0 Å². The molecule has 4 aliphatic rings. The van der Waals surface area contributed by atoms with E-state index in [1.165, 1.54) is 77.0 Å². The summed E-state index contributed by atoms with van der Waals surface area (Å²) in [5, 5.41) is 10.5. The van der Waals surface area contributed by atoms with E-state index >= 15 is 0 Å². The van der Waals surface area contributed by atoms with Gasteiger partial charge in [0.05, 0.1) is 0 Å². The van der Waals surface area contributed by atoms with Crippen molar-refractivity contribution >= 4 is 0 Å². The van der Waals surface area contributed by atoms with Crippen molar-refractivity contribution in [3.05, 3.63) is 10.6 Å². The van der Waals surface area contributed by atoms with E-state index in [9.17, 15) is 0 Å². The van der Waals surface area contributed by atoms with Gasteiger partial charge in [0.2, 0.25) is 0 Å². The Hall–Kier alpha value is 0.543. The Morgan fingerprint density at radius 2 is 0.857 bits per heavy atom. The molecule has 2 aliphatic heterocycles. The average Bonchev–Trinajstić information content (AvgIpc) is 2.54. The Bertz CT molecular complexity index is 303. The quantitative estimate of drug-likeness (QED) is 0.566. The Kier molecular flexibility index (Phi) is 5.79. The van der Waals surface area contributed by atoms with Crippen LogP contribution in [0.3, 0.4) is 0 Å². The topological polar surface area (TPSA) is 28.2 Å². The molecular formula is C18H30N2Ru. The molecule has 3 heteroatoms. The Labute approximate surface area is 143 Å². The van der Waals surface area contributed by atoms with Crippen LogP contribution < -0.4 is 0 Å². The predicted octanol–water partition coefficient (Wildman–Crippen LogP) is 5.17. The van der Waals surface area contributed by atoms with Crippen LogP contribution in [-0.4, -0.2) is 24.2 Å². The van der Waals surface area contributed by atoms with Crippen LogP contribution in [0, 0.1) is 11.8 Å². The molecule has 21 heavy (non-hydrogen) atoms. The van der Waals surface area contributed by atoms with Crippen LogP contribution in [0.2, 0.25) is 0 Å². The van der Waals surface area contributed by atoms with E-state index < -0.39 is 0 Å². The summed E-state index contributed by atoms with van der Waals surface area (Å²) < 4.78 is 0. The average molecular weight is 376 g/mol. The molecular weight excluding hydrogens is 345 g/mol. The number of rotatable bonds is 1. The van der Waals surface area contributed by atoms with Gasteiger partial charge in [-0.1, -0.05) is 88.9 Å². The second-order valence-electron chi connectivity index (χ2n) is 7.81. The number of piperidine rings is 2. The van der Waals surface area contributed by atoms with E-state index in [0.717, 1.165) is 11.8 Å². The fourth-order valence-corrected chi connectivity index (χ4v) is 5.44. The van der Waals surface area contributed by atoms with Gasteiger partial charge in [-0.2, -0.15) is 12.1 Å². The maximum absolute atomic E-state index is 5.27. The van der Waals surface area contributed by atoms with Gasteiger partial charge in [0.15, 0.2) is 0 Å². The second-order valence-corrected chi connectivity index (χ2v) is 7.81. The Morgan fingerprint density at radius 1 is 0.429 bits per heavy atom. The molecule has 2 saturated heterocycles. The zero-order chi connectivity index (χ0) is 13.4. The van der Waals surface area contributed by atoms with Crippen LogP contribution in [0.25, 0.3) is 10.6 Å². The zero-order valence-electron chi connectivity index (χ0n) is 13.2. The second kappa shape index (κ2) is 7.41. The first-order valence-electron chi connectivity index (χ1n) is 9.30. The minimum Gasteiger partial charge on any atom is -0.658 e. The number of hydrogen-bond donors (Lipinski definition) is 0. The van der Waals surface area contributed by atoms with Crippen LogP contribution in [0.4, 0.5) is 0 Å². The SMILES string of the molecule is C1CCC2[N-]C(C3CCC4CCCCC4[N-]3)CCC2C1.[Ru+2]. The van der Waals surface area contributed by atoms with Crippen molar-refractivity contribution < 1.29 is 19.5 Å². The molecule has 2 nitrogen and oxygen atoms in total. The summed E-state index contributed by atoms with van der Waals surface area (Å²) in [5.74, 6) is 1.87. The zero-order valence-corrected chi connectivity index (χ0v) is 14.9. The molecule has 6 atom stereocenters. The normalized spacial score (nSPS) is 46.9. The standard InChI is InChI=1S/C18H30N2.Ru/c1-3-7-15-13(5-1)9-11-17(19-15)18-12-10-14-6-2-4-8-16(14)20-18;/h13-18H,1-12H2;/q-2;+2. The number of nitrogens with zero attached hydrogens (tertiary/aromatic N) is 2. The van der Waals surface area contributed by atoms with Crippen molar-refractivity contribution in [2.24, 2.45) is 11.8 Å². The molecule has 0 aromatic rings. The summed E-state index contributed by atoms with van der Waals surface area (Å²) in [5.41, 5.74) is 0. The largest absolute Gasteiger partial charge is 2.00 e. The van der Waals surface area contributed by atoms with E-state index in [-0.39, 0.29) is 19.5 Å². The number of fused-ring (bicyclic) bond motifs is 2. The van der Waals surface area contributed by atoms with Gasteiger partial charge in [-0.3, -0.25) is 0 Å². The molecule has 120 valence electrons. The first-order valence-corrected chi connectivity index (χ1v) is 9.30. The molecule has 0 spiro atoms. The smallest absolute Gasteiger partial charge is 0.658 e. The van der Waals surface area contributed by atoms with Gasteiger partial charge < -0.3 is 10.6 Å². The monoisotopic (exact) mass is 376 g/mol. The summed E-state index contributed by atoms with van der Waals surface area (Å²) >= 11 is 0. The van der Waals surface area contributed by atoms with Crippen molar-refractivity contribution in [1.82, 2.24) is 0 Å². The molecule has 0 aromatic carbocycles. The van der Waals surface area contributed by atoms with Gasteiger partial charge in [0.25, 0.3) is 0 Å². The molecule has 0 amide bonds. The maximum Gasteiger partial charge on any atom is 2.00 e. The molecule has 0 aromatic heterocycles. The molecule has 4 fully saturated rings. The van der Waals surface area contributed by atoms with Gasteiger partial charge in [0.1, 0.15) is 0 Å². The van der Waals surface area contributed by atoms with Gasteiger partial charge >= 0.3 is 19.5 Å². The number of hydrogen-bond acceptors (Lipinski definition) is 0. The van der Waals surface area contributed by atoms with E-state index in [1.807, 2.05) is 0 Å². The Morgan fingerprint density at radius 3 is 1.33 bits per heavy atom. The molecule has 0 bridgehead atoms. The molecule has 4 rings (SSSR count). The van der Waals surface area contributed by atoms with Gasteiger partial charge in [-0.25, -0.2) is 0 Å². The van der Waals surface area contributed by atoms with E-state index in [4.69, 9.17) is 10.6 Å². The molecule has 0 N–H and O–H groups in total. The molecule has 2 aliphatic carbocycles. The first kappa shape index (κ1) is 16.4. The maximum atomic E-state index is 5.27. The van der Waals surface area contributed by atoms with Gasteiger partial charge in [0, 0.05) is 0 Å². The molecule has 2 saturated carbocycles. The molecule has 0 radical (unpaired) electrons. The van der Waals surface area contributed by atoms with Crippen molar-refractivity contribution in [2.45, 2.75) is 101 Å². The molecule has 2 heterocycles. The van der Waals surface area contributed by atoms with Gasteiger partial charge in [-0.15, -0.1) is 12.1 Å². The van der Waals surface area contributed by atoms with Crippen molar-refractivity contribution in [2.75, 3.05) is 0 Å². The summed E-state index contributed by atoms with van der Waals surface area (Å²) in [4.78, 5) is 0. The Balaban J connectivity index is 0.00000132. The summed E-state index contributed by atoms with van der Waals surface area (Å²) in [6.07, 6.45) is 17.0.